The van der Waals surface area contributed by atoms with Crippen LogP contribution in [0.15, 0.2) is 0 Å². The Morgan fingerprint density at radius 1 is 1.44 bits per heavy atom. The lowest BCUT2D eigenvalue weighted by molar-refractivity contribution is -0.144. The summed E-state index contributed by atoms with van der Waals surface area (Å²) >= 11 is 0. The average molecular weight is 255 g/mol. The van der Waals surface area contributed by atoms with Gasteiger partial charge in [-0.05, 0) is 18.8 Å². The van der Waals surface area contributed by atoms with E-state index in [4.69, 9.17) is 5.11 Å². The Kier molecular flexibility index (Phi) is 3.40. The van der Waals surface area contributed by atoms with Crippen LogP contribution in [0.4, 0.5) is 4.79 Å². The van der Waals surface area contributed by atoms with Gasteiger partial charge in [0.2, 0.25) is 5.91 Å². The van der Waals surface area contributed by atoms with Crippen molar-refractivity contribution in [2.24, 2.45) is 5.92 Å². The van der Waals surface area contributed by atoms with Crippen molar-refractivity contribution in [1.82, 2.24) is 15.5 Å². The van der Waals surface area contributed by atoms with Gasteiger partial charge in [0.1, 0.15) is 12.6 Å². The Labute approximate surface area is 105 Å². The van der Waals surface area contributed by atoms with Gasteiger partial charge in [0.05, 0.1) is 0 Å². The number of carboxylic acid groups (broad SMARTS) is 1. The summed E-state index contributed by atoms with van der Waals surface area (Å²) in [4.78, 5) is 35.3. The summed E-state index contributed by atoms with van der Waals surface area (Å²) in [5.41, 5.74) is 0. The Bertz CT molecular complexity index is 378. The maximum absolute atomic E-state index is 11.9. The van der Waals surface area contributed by atoms with E-state index < -0.39 is 18.0 Å². The predicted octanol–water partition coefficient (Wildman–Crippen LogP) is -0.620. The first kappa shape index (κ1) is 12.7. The number of nitrogens with zero attached hydrogens (tertiary/aromatic N) is 1. The molecule has 3 amide bonds. The zero-order valence-corrected chi connectivity index (χ0v) is 10.2. The molecule has 2 rings (SSSR count). The molecule has 3 N–H and O–H groups in total. The molecule has 1 heterocycles. The number of rotatable bonds is 2. The number of hydrogen-bond acceptors (Lipinski definition) is 3. The zero-order chi connectivity index (χ0) is 13.3. The minimum atomic E-state index is -1.10. The Hall–Kier alpha value is -1.79. The van der Waals surface area contributed by atoms with Gasteiger partial charge in [-0.25, -0.2) is 9.59 Å². The van der Waals surface area contributed by atoms with E-state index in [-0.39, 0.29) is 25.0 Å². The fourth-order valence-corrected chi connectivity index (χ4v) is 2.35. The van der Waals surface area contributed by atoms with Crippen molar-refractivity contribution in [3.05, 3.63) is 0 Å². The fourth-order valence-electron chi connectivity index (χ4n) is 2.35. The number of urea groups is 1. The summed E-state index contributed by atoms with van der Waals surface area (Å²) in [5.74, 6) is -0.841. The van der Waals surface area contributed by atoms with Crippen molar-refractivity contribution in [3.8, 4) is 0 Å². The van der Waals surface area contributed by atoms with Crippen molar-refractivity contribution >= 4 is 17.9 Å². The van der Waals surface area contributed by atoms with Gasteiger partial charge in [0.25, 0.3) is 0 Å². The minimum absolute atomic E-state index is 0.0390. The normalized spacial score (nSPS) is 31.3. The molecule has 0 radical (unpaired) electrons. The lowest BCUT2D eigenvalue weighted by Crippen LogP contribution is -2.62. The molecule has 7 heteroatoms. The molecule has 0 aromatic heterocycles. The van der Waals surface area contributed by atoms with Crippen LogP contribution < -0.4 is 10.6 Å². The topological polar surface area (TPSA) is 98.7 Å². The number of nitrogens with one attached hydrogen (secondary N) is 2. The molecule has 0 aromatic carbocycles. The van der Waals surface area contributed by atoms with Crippen LogP contribution in [0, 0.1) is 5.92 Å². The number of amides is 3. The van der Waals surface area contributed by atoms with Gasteiger partial charge in [-0.1, -0.05) is 6.92 Å². The first-order chi connectivity index (χ1) is 8.47. The highest BCUT2D eigenvalue weighted by atomic mass is 16.4. The molecule has 1 saturated carbocycles. The van der Waals surface area contributed by atoms with Gasteiger partial charge < -0.3 is 15.7 Å². The number of carboxylic acids is 1. The molecule has 1 aliphatic carbocycles. The molecule has 1 saturated heterocycles. The van der Waals surface area contributed by atoms with Crippen molar-refractivity contribution in [3.63, 3.8) is 0 Å². The van der Waals surface area contributed by atoms with Crippen LogP contribution in [0.5, 0.6) is 0 Å². The predicted molar refractivity (Wildman–Crippen MR) is 61.9 cm³/mol. The van der Waals surface area contributed by atoms with Crippen molar-refractivity contribution in [2.45, 2.75) is 31.8 Å². The maximum Gasteiger partial charge on any atom is 0.328 e. The van der Waals surface area contributed by atoms with Crippen molar-refractivity contribution in [2.75, 3.05) is 13.1 Å². The van der Waals surface area contributed by atoms with Crippen molar-refractivity contribution < 1.29 is 19.5 Å². The van der Waals surface area contributed by atoms with Crippen LogP contribution >= 0.6 is 0 Å². The quantitative estimate of drug-likeness (QED) is 0.612. The summed E-state index contributed by atoms with van der Waals surface area (Å²) in [5, 5.41) is 14.2. The molecule has 0 aromatic rings. The summed E-state index contributed by atoms with van der Waals surface area (Å²) in [6.07, 6.45) is 1.81. The molecule has 1 unspecified atom stereocenters. The molecule has 0 spiro atoms. The van der Waals surface area contributed by atoms with E-state index in [0.29, 0.717) is 5.92 Å². The number of hydrogen-bond donors (Lipinski definition) is 3. The highest BCUT2D eigenvalue weighted by Crippen LogP contribution is 2.26. The van der Waals surface area contributed by atoms with E-state index in [1.165, 1.54) is 0 Å². The van der Waals surface area contributed by atoms with E-state index in [1.807, 2.05) is 0 Å². The van der Waals surface area contributed by atoms with Crippen LogP contribution in [-0.2, 0) is 9.59 Å². The average Bonchev–Trinajstić information content (AvgIpc) is 2.26. The molecule has 1 atom stereocenters. The lowest BCUT2D eigenvalue weighted by Gasteiger charge is -2.38. The molecule has 1 aliphatic heterocycles. The van der Waals surface area contributed by atoms with E-state index in [9.17, 15) is 14.4 Å². The van der Waals surface area contributed by atoms with Crippen LogP contribution in [0.2, 0.25) is 0 Å². The standard InChI is InChI=1S/C11H17N3O4/c1-6-2-7(3-6)13-11(18)14-5-9(15)12-4-8(14)10(16)17/h6-8H,2-5H2,1H3,(H,12,15)(H,13,18)(H,16,17). The van der Waals surface area contributed by atoms with Gasteiger partial charge in [-0.2, -0.15) is 0 Å². The Balaban J connectivity index is 1.96. The zero-order valence-electron chi connectivity index (χ0n) is 10.2. The number of aliphatic carboxylic acids is 1. The van der Waals surface area contributed by atoms with E-state index in [0.717, 1.165) is 17.7 Å². The second kappa shape index (κ2) is 4.83. The molecule has 7 nitrogen and oxygen atoms in total. The summed E-state index contributed by atoms with van der Waals surface area (Å²) in [7, 11) is 0. The second-order valence-corrected chi connectivity index (χ2v) is 5.01. The monoisotopic (exact) mass is 255 g/mol. The molecule has 0 bridgehead atoms. The van der Waals surface area contributed by atoms with Gasteiger partial charge in [0.15, 0.2) is 0 Å². The molecule has 2 fully saturated rings. The highest BCUT2D eigenvalue weighted by molar-refractivity contribution is 5.90. The fraction of sp³-hybridized carbons (Fsp3) is 0.727. The number of carbonyl (C=O) groups excluding carboxylic acids is 2. The van der Waals surface area contributed by atoms with Crippen molar-refractivity contribution in [1.29, 1.82) is 0 Å². The number of carbonyl (C=O) groups is 3. The molecule has 100 valence electrons. The summed E-state index contributed by atoms with van der Waals surface area (Å²) < 4.78 is 0. The molecule has 18 heavy (non-hydrogen) atoms. The number of piperazine rings is 1. The summed E-state index contributed by atoms with van der Waals surface area (Å²) in [6, 6.07) is -1.35. The molecular formula is C11H17N3O4. The largest absolute Gasteiger partial charge is 0.480 e. The minimum Gasteiger partial charge on any atom is -0.480 e. The lowest BCUT2D eigenvalue weighted by atomic mass is 9.82. The van der Waals surface area contributed by atoms with E-state index in [2.05, 4.69) is 17.6 Å². The van der Waals surface area contributed by atoms with Crippen LogP contribution in [0.25, 0.3) is 0 Å². The second-order valence-electron chi connectivity index (χ2n) is 5.01. The Morgan fingerprint density at radius 2 is 2.11 bits per heavy atom. The maximum atomic E-state index is 11.9. The van der Waals surface area contributed by atoms with Gasteiger partial charge in [-0.3, -0.25) is 9.69 Å². The van der Waals surface area contributed by atoms with Gasteiger partial charge >= 0.3 is 12.0 Å². The van der Waals surface area contributed by atoms with Gasteiger partial charge in [-0.15, -0.1) is 0 Å². The Morgan fingerprint density at radius 3 is 2.67 bits per heavy atom. The van der Waals surface area contributed by atoms with Gasteiger partial charge in [0, 0.05) is 12.6 Å². The molecular weight excluding hydrogens is 238 g/mol. The van der Waals surface area contributed by atoms with Crippen LogP contribution in [0.3, 0.4) is 0 Å². The smallest absolute Gasteiger partial charge is 0.328 e. The highest BCUT2D eigenvalue weighted by Gasteiger charge is 2.37. The SMILES string of the molecule is CC1CC(NC(=O)N2CC(=O)NCC2C(=O)O)C1. The molecule has 2 aliphatic rings. The van der Waals surface area contributed by atoms with E-state index in [1.54, 1.807) is 0 Å². The van der Waals surface area contributed by atoms with Crippen LogP contribution in [0.1, 0.15) is 19.8 Å². The third-order valence-electron chi connectivity index (χ3n) is 3.43. The third kappa shape index (κ3) is 2.55. The summed E-state index contributed by atoms with van der Waals surface area (Å²) in [6.45, 7) is 1.85. The third-order valence-corrected chi connectivity index (χ3v) is 3.43. The van der Waals surface area contributed by atoms with E-state index >= 15 is 0 Å². The first-order valence-corrected chi connectivity index (χ1v) is 6.04. The van der Waals surface area contributed by atoms with Crippen LogP contribution in [-0.4, -0.2) is 53.1 Å². The first-order valence-electron chi connectivity index (χ1n) is 6.04.